The first-order chi connectivity index (χ1) is 8.41. The third-order valence-corrected chi connectivity index (χ3v) is 3.04. The van der Waals surface area contributed by atoms with E-state index in [1.807, 2.05) is 13.8 Å². The zero-order chi connectivity index (χ0) is 13.8. The first-order valence-electron chi connectivity index (χ1n) is 6.88. The lowest BCUT2D eigenvalue weighted by Crippen LogP contribution is -2.29. The molecule has 0 saturated heterocycles. The van der Waals surface area contributed by atoms with Gasteiger partial charge in [0, 0.05) is 5.56 Å². The van der Waals surface area contributed by atoms with Crippen molar-refractivity contribution >= 4 is 0 Å². The van der Waals surface area contributed by atoms with Crippen LogP contribution in [-0.2, 0) is 19.3 Å². The highest BCUT2D eigenvalue weighted by molar-refractivity contribution is 5.50. The maximum absolute atomic E-state index is 5.95. The van der Waals surface area contributed by atoms with Gasteiger partial charge in [-0.25, -0.2) is 0 Å². The molecular formula is C17H25N. The maximum Gasteiger partial charge on any atom is 0.0722 e. The van der Waals surface area contributed by atoms with E-state index in [-0.39, 0.29) is 0 Å². The quantitative estimate of drug-likeness (QED) is 0.808. The summed E-state index contributed by atoms with van der Waals surface area (Å²) in [5, 5.41) is 0. The topological polar surface area (TPSA) is 26.0 Å². The summed E-state index contributed by atoms with van der Waals surface area (Å²) < 4.78 is 0. The van der Waals surface area contributed by atoms with Gasteiger partial charge in [-0.05, 0) is 49.8 Å². The summed E-state index contributed by atoms with van der Waals surface area (Å²) in [6, 6.07) is 4.57. The van der Waals surface area contributed by atoms with Crippen molar-refractivity contribution in [1.82, 2.24) is 0 Å². The van der Waals surface area contributed by atoms with E-state index in [2.05, 4.69) is 44.7 Å². The van der Waals surface area contributed by atoms with Gasteiger partial charge < -0.3 is 5.73 Å². The Bertz CT molecular complexity index is 442. The van der Waals surface area contributed by atoms with Crippen molar-refractivity contribution in [2.24, 2.45) is 5.73 Å². The molecule has 0 saturated carbocycles. The molecule has 0 heterocycles. The summed E-state index contributed by atoms with van der Waals surface area (Å²) in [6.45, 7) is 10.5. The summed E-state index contributed by atoms with van der Waals surface area (Å²) >= 11 is 0. The van der Waals surface area contributed by atoms with Gasteiger partial charge in [-0.1, -0.05) is 44.7 Å². The van der Waals surface area contributed by atoms with Crippen LogP contribution in [0.25, 0.3) is 0 Å². The number of nitrogens with two attached hydrogens (primary N) is 1. The highest BCUT2D eigenvalue weighted by atomic mass is 14.7. The Morgan fingerprint density at radius 3 is 1.83 bits per heavy atom. The van der Waals surface area contributed by atoms with Crippen LogP contribution < -0.4 is 5.73 Å². The van der Waals surface area contributed by atoms with Crippen LogP contribution >= 0.6 is 0 Å². The molecule has 0 fully saturated rings. The highest BCUT2D eigenvalue weighted by Crippen LogP contribution is 2.19. The molecule has 98 valence electrons. The highest BCUT2D eigenvalue weighted by Gasteiger charge is 2.08. The Morgan fingerprint density at radius 1 is 1.00 bits per heavy atom. The molecule has 1 aromatic rings. The number of hydrogen-bond acceptors (Lipinski definition) is 1. The van der Waals surface area contributed by atoms with Gasteiger partial charge >= 0.3 is 0 Å². The van der Waals surface area contributed by atoms with Gasteiger partial charge in [0.25, 0.3) is 0 Å². The largest absolute Gasteiger partial charge is 0.316 e. The average Bonchev–Trinajstić information content (AvgIpc) is 2.34. The maximum atomic E-state index is 5.95. The Hall–Kier alpha value is -1.26. The SMILES string of the molecule is CCc1cc(CC)c(C#CC(C)(C)N)c(CC)c1. The van der Waals surface area contributed by atoms with Gasteiger partial charge in [-0.3, -0.25) is 0 Å². The van der Waals surface area contributed by atoms with Crippen LogP contribution in [0.4, 0.5) is 0 Å². The fourth-order valence-electron chi connectivity index (χ4n) is 1.99. The van der Waals surface area contributed by atoms with Gasteiger partial charge in [0.1, 0.15) is 0 Å². The number of benzene rings is 1. The van der Waals surface area contributed by atoms with E-state index in [0.29, 0.717) is 0 Å². The molecule has 0 unspecified atom stereocenters. The second-order valence-corrected chi connectivity index (χ2v) is 5.32. The zero-order valence-corrected chi connectivity index (χ0v) is 12.4. The van der Waals surface area contributed by atoms with E-state index >= 15 is 0 Å². The molecule has 0 amide bonds. The molecule has 0 radical (unpaired) electrons. The van der Waals surface area contributed by atoms with E-state index in [1.165, 1.54) is 22.3 Å². The van der Waals surface area contributed by atoms with Gasteiger partial charge in [0.15, 0.2) is 0 Å². The summed E-state index contributed by atoms with van der Waals surface area (Å²) in [7, 11) is 0. The standard InChI is InChI=1S/C17H25N/c1-6-13-11-14(7-2)16(15(8-3)12-13)9-10-17(4,5)18/h11-12H,6-8,18H2,1-5H3. The molecule has 1 rings (SSSR count). The lowest BCUT2D eigenvalue weighted by molar-refractivity contribution is 0.680. The molecule has 2 N–H and O–H groups in total. The van der Waals surface area contributed by atoms with E-state index in [4.69, 9.17) is 5.73 Å². The van der Waals surface area contributed by atoms with E-state index in [9.17, 15) is 0 Å². The summed E-state index contributed by atoms with van der Waals surface area (Å²) in [6.07, 6.45) is 3.13. The third kappa shape index (κ3) is 3.89. The number of aryl methyl sites for hydroxylation is 3. The Kier molecular flexibility index (Phi) is 4.99. The molecular weight excluding hydrogens is 218 g/mol. The van der Waals surface area contributed by atoms with Crippen molar-refractivity contribution < 1.29 is 0 Å². The van der Waals surface area contributed by atoms with E-state index < -0.39 is 5.54 Å². The normalized spacial score (nSPS) is 11.0. The van der Waals surface area contributed by atoms with Gasteiger partial charge in [-0.2, -0.15) is 0 Å². The first-order valence-corrected chi connectivity index (χ1v) is 6.88. The molecule has 0 aliphatic rings. The molecule has 1 nitrogen and oxygen atoms in total. The number of hydrogen-bond donors (Lipinski definition) is 1. The molecule has 0 aliphatic heterocycles. The minimum Gasteiger partial charge on any atom is -0.316 e. The Labute approximate surface area is 112 Å². The fourth-order valence-corrected chi connectivity index (χ4v) is 1.99. The molecule has 0 aliphatic carbocycles. The van der Waals surface area contributed by atoms with Crippen LogP contribution in [-0.4, -0.2) is 5.54 Å². The van der Waals surface area contributed by atoms with Gasteiger partial charge in [0.05, 0.1) is 5.54 Å². The molecule has 0 aromatic heterocycles. The first kappa shape index (κ1) is 14.8. The summed E-state index contributed by atoms with van der Waals surface area (Å²) in [5.41, 5.74) is 10.8. The van der Waals surface area contributed by atoms with Crippen LogP contribution in [0.1, 0.15) is 56.9 Å². The van der Waals surface area contributed by atoms with Crippen LogP contribution in [0.3, 0.4) is 0 Å². The summed E-state index contributed by atoms with van der Waals surface area (Å²) in [4.78, 5) is 0. The molecule has 1 aromatic carbocycles. The van der Waals surface area contributed by atoms with E-state index in [0.717, 1.165) is 19.3 Å². The molecule has 0 atom stereocenters. The zero-order valence-electron chi connectivity index (χ0n) is 12.4. The molecule has 0 spiro atoms. The second-order valence-electron chi connectivity index (χ2n) is 5.32. The van der Waals surface area contributed by atoms with Crippen molar-refractivity contribution in [2.45, 2.75) is 59.4 Å². The fraction of sp³-hybridized carbons (Fsp3) is 0.529. The predicted octanol–water partition coefficient (Wildman–Crippen LogP) is 3.46. The minimum absolute atomic E-state index is 0.431. The van der Waals surface area contributed by atoms with Crippen molar-refractivity contribution in [3.63, 3.8) is 0 Å². The summed E-state index contributed by atoms with van der Waals surface area (Å²) in [5.74, 6) is 6.45. The second kappa shape index (κ2) is 6.07. The molecule has 18 heavy (non-hydrogen) atoms. The van der Waals surface area contributed by atoms with E-state index in [1.54, 1.807) is 0 Å². The number of rotatable bonds is 3. The molecule has 0 bridgehead atoms. The van der Waals surface area contributed by atoms with Crippen molar-refractivity contribution in [3.8, 4) is 11.8 Å². The minimum atomic E-state index is -0.431. The predicted molar refractivity (Wildman–Crippen MR) is 79.7 cm³/mol. The Morgan fingerprint density at radius 2 is 1.50 bits per heavy atom. The lowest BCUT2D eigenvalue weighted by atomic mass is 9.93. The lowest BCUT2D eigenvalue weighted by Gasteiger charge is -2.12. The van der Waals surface area contributed by atoms with Gasteiger partial charge in [-0.15, -0.1) is 0 Å². The van der Waals surface area contributed by atoms with Crippen molar-refractivity contribution in [2.75, 3.05) is 0 Å². The van der Waals surface area contributed by atoms with Crippen LogP contribution in [0.2, 0.25) is 0 Å². The van der Waals surface area contributed by atoms with Crippen LogP contribution in [0.5, 0.6) is 0 Å². The smallest absolute Gasteiger partial charge is 0.0722 e. The van der Waals surface area contributed by atoms with Crippen molar-refractivity contribution in [3.05, 3.63) is 34.4 Å². The van der Waals surface area contributed by atoms with Gasteiger partial charge in [0.2, 0.25) is 0 Å². The van der Waals surface area contributed by atoms with Crippen LogP contribution in [0.15, 0.2) is 12.1 Å². The average molecular weight is 243 g/mol. The monoisotopic (exact) mass is 243 g/mol. The molecule has 1 heteroatoms. The van der Waals surface area contributed by atoms with Crippen LogP contribution in [0, 0.1) is 11.8 Å². The van der Waals surface area contributed by atoms with Crippen molar-refractivity contribution in [1.29, 1.82) is 0 Å². The Balaban J connectivity index is 3.35. The third-order valence-electron chi connectivity index (χ3n) is 3.04.